The predicted molar refractivity (Wildman–Crippen MR) is 103 cm³/mol. The summed E-state index contributed by atoms with van der Waals surface area (Å²) in [7, 11) is -3.59. The molecule has 1 aliphatic rings. The molecule has 1 heterocycles. The molecule has 2 aromatic carbocycles. The molecule has 0 radical (unpaired) electrons. The van der Waals surface area contributed by atoms with E-state index in [2.05, 4.69) is 21.4 Å². The molecule has 3 rings (SSSR count). The van der Waals surface area contributed by atoms with Crippen molar-refractivity contribution >= 4 is 21.4 Å². The smallest absolute Gasteiger partial charge is 0.236 e. The maximum atomic E-state index is 13.0. The Hall–Kier alpha value is -2.12. The van der Waals surface area contributed by atoms with Gasteiger partial charge in [0.25, 0.3) is 0 Å². The Morgan fingerprint density at radius 2 is 1.65 bits per heavy atom. The fourth-order valence-corrected chi connectivity index (χ4v) is 4.36. The van der Waals surface area contributed by atoms with Crippen LogP contribution < -0.4 is 9.62 Å². The highest BCUT2D eigenvalue weighted by atomic mass is 32.2. The van der Waals surface area contributed by atoms with Gasteiger partial charge in [-0.2, -0.15) is 0 Å². The second-order valence-corrected chi connectivity index (χ2v) is 8.15. The van der Waals surface area contributed by atoms with Gasteiger partial charge < -0.3 is 9.80 Å². The molecule has 0 atom stereocenters. The standard InChI is InChI=1S/C19H24FN3O2S/c1-2-22-11-13-23(14-12-22)19-6-4-3-5-18(19)21-26(24,25)15-16-7-9-17(20)10-8-16/h3-10,21H,2,11-15H2,1H3. The first-order valence-corrected chi connectivity index (χ1v) is 10.4. The molecular formula is C19H24FN3O2S. The molecule has 26 heavy (non-hydrogen) atoms. The van der Waals surface area contributed by atoms with E-state index in [-0.39, 0.29) is 11.6 Å². The Bertz CT molecular complexity index is 832. The maximum Gasteiger partial charge on any atom is 0.236 e. The lowest BCUT2D eigenvalue weighted by Crippen LogP contribution is -2.46. The molecule has 7 heteroatoms. The number of hydrogen-bond acceptors (Lipinski definition) is 4. The van der Waals surface area contributed by atoms with E-state index in [9.17, 15) is 12.8 Å². The van der Waals surface area contributed by atoms with Crippen LogP contribution in [0.4, 0.5) is 15.8 Å². The van der Waals surface area contributed by atoms with Crippen LogP contribution in [0.1, 0.15) is 12.5 Å². The van der Waals surface area contributed by atoms with Crippen molar-refractivity contribution in [3.8, 4) is 0 Å². The molecule has 0 aromatic heterocycles. The Kier molecular flexibility index (Phi) is 5.78. The van der Waals surface area contributed by atoms with Crippen molar-refractivity contribution in [3.05, 3.63) is 59.9 Å². The van der Waals surface area contributed by atoms with Crippen molar-refractivity contribution in [1.29, 1.82) is 0 Å². The van der Waals surface area contributed by atoms with Crippen molar-refractivity contribution in [1.82, 2.24) is 4.90 Å². The van der Waals surface area contributed by atoms with Gasteiger partial charge in [-0.05, 0) is 36.4 Å². The molecule has 2 aromatic rings. The molecule has 1 saturated heterocycles. The first-order valence-electron chi connectivity index (χ1n) is 8.78. The molecule has 1 fully saturated rings. The van der Waals surface area contributed by atoms with Crippen LogP contribution in [0, 0.1) is 5.82 Å². The normalized spacial score (nSPS) is 15.8. The monoisotopic (exact) mass is 377 g/mol. The van der Waals surface area contributed by atoms with Gasteiger partial charge in [-0.3, -0.25) is 4.72 Å². The van der Waals surface area contributed by atoms with E-state index < -0.39 is 10.0 Å². The summed E-state index contributed by atoms with van der Waals surface area (Å²) in [5, 5.41) is 0. The molecule has 0 saturated carbocycles. The fourth-order valence-electron chi connectivity index (χ4n) is 3.14. The van der Waals surface area contributed by atoms with Crippen LogP contribution in [-0.2, 0) is 15.8 Å². The predicted octanol–water partition coefficient (Wildman–Crippen LogP) is 2.91. The van der Waals surface area contributed by atoms with E-state index in [1.165, 1.54) is 24.3 Å². The van der Waals surface area contributed by atoms with Crippen molar-refractivity contribution < 1.29 is 12.8 Å². The van der Waals surface area contributed by atoms with E-state index in [0.717, 1.165) is 38.4 Å². The molecule has 0 unspecified atom stereocenters. The van der Waals surface area contributed by atoms with E-state index in [0.29, 0.717) is 11.3 Å². The number of nitrogens with one attached hydrogen (secondary N) is 1. The van der Waals surface area contributed by atoms with E-state index in [4.69, 9.17) is 0 Å². The molecule has 140 valence electrons. The minimum Gasteiger partial charge on any atom is -0.367 e. The Labute approximate surface area is 154 Å². The quantitative estimate of drug-likeness (QED) is 0.841. The number of sulfonamides is 1. The fraction of sp³-hybridized carbons (Fsp3) is 0.368. The number of benzene rings is 2. The van der Waals surface area contributed by atoms with Gasteiger partial charge >= 0.3 is 0 Å². The van der Waals surface area contributed by atoms with Crippen LogP contribution in [0.25, 0.3) is 0 Å². The number of hydrogen-bond donors (Lipinski definition) is 1. The van der Waals surface area contributed by atoms with Gasteiger partial charge in [-0.1, -0.05) is 31.2 Å². The van der Waals surface area contributed by atoms with Gasteiger partial charge in [-0.15, -0.1) is 0 Å². The summed E-state index contributed by atoms with van der Waals surface area (Å²) < 4.78 is 40.8. The van der Waals surface area contributed by atoms with Gasteiger partial charge in [0, 0.05) is 26.2 Å². The SMILES string of the molecule is CCN1CCN(c2ccccc2NS(=O)(=O)Cc2ccc(F)cc2)CC1. The highest BCUT2D eigenvalue weighted by Crippen LogP contribution is 2.28. The van der Waals surface area contributed by atoms with Crippen LogP contribution >= 0.6 is 0 Å². The van der Waals surface area contributed by atoms with E-state index in [1.54, 1.807) is 6.07 Å². The minimum absolute atomic E-state index is 0.189. The highest BCUT2D eigenvalue weighted by Gasteiger charge is 2.20. The van der Waals surface area contributed by atoms with Crippen LogP contribution in [-0.4, -0.2) is 46.0 Å². The molecule has 0 bridgehead atoms. The minimum atomic E-state index is -3.59. The average Bonchev–Trinajstić information content (AvgIpc) is 2.64. The first kappa shape index (κ1) is 18.7. The molecule has 5 nitrogen and oxygen atoms in total. The summed E-state index contributed by atoms with van der Waals surface area (Å²) in [4.78, 5) is 4.58. The number of nitrogens with zero attached hydrogens (tertiary/aromatic N) is 2. The third-order valence-corrected chi connectivity index (χ3v) is 5.84. The lowest BCUT2D eigenvalue weighted by atomic mass is 10.2. The number of piperazine rings is 1. The average molecular weight is 377 g/mol. The summed E-state index contributed by atoms with van der Waals surface area (Å²) in [5.41, 5.74) is 2.03. The molecular weight excluding hydrogens is 353 g/mol. The molecule has 1 aliphatic heterocycles. The first-order chi connectivity index (χ1) is 12.5. The maximum absolute atomic E-state index is 13.0. The Morgan fingerprint density at radius 1 is 1.00 bits per heavy atom. The topological polar surface area (TPSA) is 52.6 Å². The van der Waals surface area contributed by atoms with Gasteiger partial charge in [-0.25, -0.2) is 12.8 Å². The van der Waals surface area contributed by atoms with E-state index in [1.807, 2.05) is 18.2 Å². The van der Waals surface area contributed by atoms with Gasteiger partial charge in [0.2, 0.25) is 10.0 Å². The van der Waals surface area contributed by atoms with Crippen LogP contribution in [0.3, 0.4) is 0 Å². The molecule has 0 amide bonds. The van der Waals surface area contributed by atoms with Crippen LogP contribution in [0.15, 0.2) is 48.5 Å². The number of anilines is 2. The molecule has 1 N–H and O–H groups in total. The van der Waals surface area contributed by atoms with Crippen LogP contribution in [0.5, 0.6) is 0 Å². The lowest BCUT2D eigenvalue weighted by molar-refractivity contribution is 0.271. The van der Waals surface area contributed by atoms with Crippen molar-refractivity contribution in [3.63, 3.8) is 0 Å². The van der Waals surface area contributed by atoms with Crippen molar-refractivity contribution in [2.45, 2.75) is 12.7 Å². The Balaban J connectivity index is 1.74. The largest absolute Gasteiger partial charge is 0.367 e. The van der Waals surface area contributed by atoms with E-state index >= 15 is 0 Å². The number of halogens is 1. The van der Waals surface area contributed by atoms with Crippen LogP contribution in [0.2, 0.25) is 0 Å². The summed E-state index contributed by atoms with van der Waals surface area (Å²) >= 11 is 0. The number of para-hydroxylation sites is 2. The number of rotatable bonds is 6. The lowest BCUT2D eigenvalue weighted by Gasteiger charge is -2.36. The summed E-state index contributed by atoms with van der Waals surface area (Å²) in [6.45, 7) is 6.84. The van der Waals surface area contributed by atoms with Crippen molar-refractivity contribution in [2.75, 3.05) is 42.3 Å². The second kappa shape index (κ2) is 8.05. The zero-order valence-electron chi connectivity index (χ0n) is 14.9. The second-order valence-electron chi connectivity index (χ2n) is 6.43. The highest BCUT2D eigenvalue weighted by molar-refractivity contribution is 7.91. The van der Waals surface area contributed by atoms with Gasteiger partial charge in [0.15, 0.2) is 0 Å². The zero-order chi connectivity index (χ0) is 18.6. The third kappa shape index (κ3) is 4.74. The summed E-state index contributed by atoms with van der Waals surface area (Å²) in [5.74, 6) is -0.568. The molecule has 0 spiro atoms. The summed E-state index contributed by atoms with van der Waals surface area (Å²) in [6, 6.07) is 13.0. The zero-order valence-corrected chi connectivity index (χ0v) is 15.7. The number of likely N-dealkylation sites (N-methyl/N-ethyl adjacent to an activating group) is 1. The third-order valence-electron chi connectivity index (χ3n) is 4.60. The van der Waals surface area contributed by atoms with Gasteiger partial charge in [0.1, 0.15) is 5.82 Å². The molecule has 0 aliphatic carbocycles. The van der Waals surface area contributed by atoms with Gasteiger partial charge in [0.05, 0.1) is 17.1 Å². The summed E-state index contributed by atoms with van der Waals surface area (Å²) in [6.07, 6.45) is 0. The Morgan fingerprint density at radius 3 is 2.31 bits per heavy atom. The van der Waals surface area contributed by atoms with Crippen molar-refractivity contribution in [2.24, 2.45) is 0 Å².